The third kappa shape index (κ3) is 5.81. The van der Waals surface area contributed by atoms with Crippen LogP contribution in [0.5, 0.6) is 0 Å². The van der Waals surface area contributed by atoms with Crippen LogP contribution in [0.3, 0.4) is 0 Å². The molecule has 0 atom stereocenters. The van der Waals surface area contributed by atoms with Crippen LogP contribution in [0, 0.1) is 5.92 Å². The Morgan fingerprint density at radius 3 is 2.42 bits per heavy atom. The van der Waals surface area contributed by atoms with Crippen LogP contribution in [0.4, 0.5) is 13.2 Å². The van der Waals surface area contributed by atoms with Crippen LogP contribution in [0.15, 0.2) is 12.3 Å². The van der Waals surface area contributed by atoms with E-state index >= 15 is 0 Å². The molecule has 1 aliphatic carbocycles. The van der Waals surface area contributed by atoms with Gasteiger partial charge in [-0.3, -0.25) is 9.48 Å². The van der Waals surface area contributed by atoms with Crippen LogP contribution in [0.2, 0.25) is 10.2 Å². The van der Waals surface area contributed by atoms with Gasteiger partial charge >= 0.3 is 6.18 Å². The lowest BCUT2D eigenvalue weighted by molar-refractivity contribution is -0.137. The predicted molar refractivity (Wildman–Crippen MR) is 119 cm³/mol. The zero-order valence-corrected chi connectivity index (χ0v) is 20.2. The lowest BCUT2D eigenvalue weighted by atomic mass is 9.89. The number of pyridine rings is 1. The Morgan fingerprint density at radius 1 is 1.24 bits per heavy atom. The average molecular weight is 527 g/mol. The summed E-state index contributed by atoms with van der Waals surface area (Å²) in [6, 6.07) is 0.701. The van der Waals surface area contributed by atoms with E-state index in [2.05, 4.69) is 15.4 Å². The molecule has 1 amide bonds. The van der Waals surface area contributed by atoms with Crippen LogP contribution < -0.4 is 5.32 Å². The number of sulfone groups is 1. The standard InChI is InChI=1S/C20H23Cl2F3N4O3S/c1-3-29-18(13-10-26-15(21)8-14(13)20(23,24)25)16(22)17(28-29)19(30)27-9-11-4-6-12(7-5-11)33(2,31)32/h8,10-12H,3-7,9H2,1-2H3,(H,27,30)/t11-,12-. The second-order valence-electron chi connectivity index (χ2n) is 8.06. The fourth-order valence-electron chi connectivity index (χ4n) is 4.01. The van der Waals surface area contributed by atoms with Gasteiger partial charge in [-0.05, 0) is 44.6 Å². The zero-order chi connectivity index (χ0) is 24.6. The maximum absolute atomic E-state index is 13.6. The molecular formula is C20H23Cl2F3N4O3S. The average Bonchev–Trinajstić information content (AvgIpc) is 3.07. The number of alkyl halides is 3. The van der Waals surface area contributed by atoms with Crippen molar-refractivity contribution in [3.8, 4) is 11.3 Å². The van der Waals surface area contributed by atoms with Gasteiger partial charge in [0.05, 0.1) is 21.5 Å². The highest BCUT2D eigenvalue weighted by atomic mass is 35.5. The van der Waals surface area contributed by atoms with Crippen molar-refractivity contribution in [2.45, 2.75) is 50.6 Å². The van der Waals surface area contributed by atoms with Crippen molar-refractivity contribution in [3.05, 3.63) is 33.7 Å². The molecule has 3 rings (SSSR count). The van der Waals surface area contributed by atoms with Gasteiger partial charge in [-0.2, -0.15) is 18.3 Å². The quantitative estimate of drug-likeness (QED) is 0.554. The minimum Gasteiger partial charge on any atom is -0.350 e. The molecule has 1 aliphatic rings. The summed E-state index contributed by atoms with van der Waals surface area (Å²) >= 11 is 12.0. The summed E-state index contributed by atoms with van der Waals surface area (Å²) in [5.74, 6) is -0.523. The molecule has 1 fully saturated rings. The van der Waals surface area contributed by atoms with Gasteiger partial charge in [-0.1, -0.05) is 23.2 Å². The zero-order valence-electron chi connectivity index (χ0n) is 17.9. The van der Waals surface area contributed by atoms with Gasteiger partial charge in [0.2, 0.25) is 0 Å². The van der Waals surface area contributed by atoms with Crippen LogP contribution in [-0.4, -0.2) is 47.1 Å². The fourth-order valence-corrected chi connectivity index (χ4v) is 5.62. The minimum atomic E-state index is -4.72. The second-order valence-corrected chi connectivity index (χ2v) is 11.2. The lowest BCUT2D eigenvalue weighted by Crippen LogP contribution is -2.34. The maximum atomic E-state index is 13.6. The van der Waals surface area contributed by atoms with E-state index in [9.17, 15) is 26.4 Å². The molecule has 0 unspecified atom stereocenters. The van der Waals surface area contributed by atoms with Gasteiger partial charge in [0.25, 0.3) is 5.91 Å². The van der Waals surface area contributed by atoms with Gasteiger partial charge in [0, 0.05) is 31.1 Å². The number of carbonyl (C=O) groups excluding carboxylic acids is 1. The number of halogens is 5. The molecule has 0 aliphatic heterocycles. The third-order valence-electron chi connectivity index (χ3n) is 5.79. The van der Waals surface area contributed by atoms with E-state index in [1.807, 2.05) is 0 Å². The molecule has 1 N–H and O–H groups in total. The van der Waals surface area contributed by atoms with E-state index in [0.717, 1.165) is 6.20 Å². The Morgan fingerprint density at radius 2 is 1.88 bits per heavy atom. The van der Waals surface area contributed by atoms with Crippen molar-refractivity contribution >= 4 is 38.9 Å². The number of hydrogen-bond donors (Lipinski definition) is 1. The molecule has 7 nitrogen and oxygen atoms in total. The van der Waals surface area contributed by atoms with Crippen LogP contribution in [0.1, 0.15) is 48.7 Å². The highest BCUT2D eigenvalue weighted by Gasteiger charge is 2.37. The summed E-state index contributed by atoms with van der Waals surface area (Å²) in [7, 11) is -3.09. The van der Waals surface area contributed by atoms with Crippen molar-refractivity contribution in [1.82, 2.24) is 20.1 Å². The van der Waals surface area contributed by atoms with Gasteiger partial charge in [0.15, 0.2) is 5.69 Å². The summed E-state index contributed by atoms with van der Waals surface area (Å²) in [5, 5.41) is 5.94. The molecule has 1 saturated carbocycles. The van der Waals surface area contributed by atoms with E-state index in [0.29, 0.717) is 31.7 Å². The summed E-state index contributed by atoms with van der Waals surface area (Å²) in [4.78, 5) is 16.5. The molecule has 2 aromatic rings. The molecule has 0 radical (unpaired) electrons. The van der Waals surface area contributed by atoms with Crippen LogP contribution in [-0.2, 0) is 22.6 Å². The topological polar surface area (TPSA) is 94.0 Å². The van der Waals surface area contributed by atoms with Gasteiger partial charge in [0.1, 0.15) is 15.0 Å². The van der Waals surface area contributed by atoms with Gasteiger partial charge in [-0.25, -0.2) is 13.4 Å². The largest absolute Gasteiger partial charge is 0.417 e. The van der Waals surface area contributed by atoms with E-state index in [4.69, 9.17) is 23.2 Å². The summed E-state index contributed by atoms with van der Waals surface area (Å²) in [5.41, 5.74) is -1.63. The third-order valence-corrected chi connectivity index (χ3v) is 8.04. The first-order chi connectivity index (χ1) is 15.3. The molecule has 0 bridgehead atoms. The van der Waals surface area contributed by atoms with Crippen LogP contribution in [0.25, 0.3) is 11.3 Å². The number of nitrogens with zero attached hydrogens (tertiary/aromatic N) is 3. The molecular weight excluding hydrogens is 504 g/mol. The maximum Gasteiger partial charge on any atom is 0.417 e. The first kappa shape index (κ1) is 25.8. The van der Waals surface area contributed by atoms with E-state index in [1.165, 1.54) is 10.9 Å². The van der Waals surface area contributed by atoms with E-state index < -0.39 is 27.5 Å². The summed E-state index contributed by atoms with van der Waals surface area (Å²) in [6.07, 6.45) is -0.193. The highest BCUT2D eigenvalue weighted by Crippen LogP contribution is 2.41. The number of rotatable bonds is 6. The van der Waals surface area contributed by atoms with Crippen molar-refractivity contribution in [2.75, 3.05) is 12.8 Å². The monoisotopic (exact) mass is 526 g/mol. The molecule has 0 aromatic carbocycles. The number of carbonyl (C=O) groups is 1. The van der Waals surface area contributed by atoms with Crippen molar-refractivity contribution in [1.29, 1.82) is 0 Å². The lowest BCUT2D eigenvalue weighted by Gasteiger charge is -2.27. The Bertz CT molecular complexity index is 1140. The summed E-state index contributed by atoms with van der Waals surface area (Å²) < 4.78 is 65.4. The van der Waals surface area contributed by atoms with Crippen LogP contribution >= 0.6 is 23.2 Å². The van der Waals surface area contributed by atoms with Gasteiger partial charge in [-0.15, -0.1) is 0 Å². The molecule has 33 heavy (non-hydrogen) atoms. The number of hydrogen-bond acceptors (Lipinski definition) is 5. The molecule has 0 spiro atoms. The molecule has 0 saturated heterocycles. The Balaban J connectivity index is 1.81. The van der Waals surface area contributed by atoms with Crippen molar-refractivity contribution < 1.29 is 26.4 Å². The van der Waals surface area contributed by atoms with E-state index in [1.54, 1.807) is 6.92 Å². The molecule has 13 heteroatoms. The Kier molecular flexibility index (Phi) is 7.65. The van der Waals surface area contributed by atoms with Crippen molar-refractivity contribution in [2.24, 2.45) is 5.92 Å². The number of aromatic nitrogens is 3. The fraction of sp³-hybridized carbons (Fsp3) is 0.550. The Labute approximate surface area is 199 Å². The molecule has 2 heterocycles. The summed E-state index contributed by atoms with van der Waals surface area (Å²) in [6.45, 7) is 2.11. The van der Waals surface area contributed by atoms with Gasteiger partial charge < -0.3 is 5.32 Å². The van der Waals surface area contributed by atoms with Crippen molar-refractivity contribution in [3.63, 3.8) is 0 Å². The minimum absolute atomic E-state index is 0.0746. The normalized spacial score (nSPS) is 19.5. The first-order valence-corrected chi connectivity index (χ1v) is 13.0. The molecule has 2 aromatic heterocycles. The van der Waals surface area contributed by atoms with E-state index in [-0.39, 0.29) is 51.4 Å². The first-order valence-electron chi connectivity index (χ1n) is 10.3. The number of nitrogens with one attached hydrogen (secondary N) is 1. The smallest absolute Gasteiger partial charge is 0.350 e. The number of amides is 1. The predicted octanol–water partition coefficient (Wildman–Crippen LogP) is 4.62. The highest BCUT2D eigenvalue weighted by molar-refractivity contribution is 7.91. The Hall–Kier alpha value is -1.85. The SMILES string of the molecule is CCn1nc(C(=O)NC[C@H]2CC[C@H](S(C)(=O)=O)CC2)c(Cl)c1-c1cnc(Cl)cc1C(F)(F)F. The second kappa shape index (κ2) is 9.79. The number of aryl methyl sites for hydroxylation is 1. The molecule has 182 valence electrons.